The van der Waals surface area contributed by atoms with E-state index in [1.165, 1.54) is 11.3 Å². The van der Waals surface area contributed by atoms with Crippen molar-refractivity contribution in [2.45, 2.75) is 12.5 Å². The molecule has 15 heavy (non-hydrogen) atoms. The lowest BCUT2D eigenvalue weighted by molar-refractivity contribution is 0.0795. The summed E-state index contributed by atoms with van der Waals surface area (Å²) in [5, 5.41) is 1.91. The molecule has 3 nitrogen and oxygen atoms in total. The Balaban J connectivity index is 0.00000112. The summed E-state index contributed by atoms with van der Waals surface area (Å²) < 4.78 is 0.882. The molecule has 1 aliphatic heterocycles. The molecule has 1 aromatic heterocycles. The van der Waals surface area contributed by atoms with E-state index in [9.17, 15) is 4.79 Å². The van der Waals surface area contributed by atoms with Crippen molar-refractivity contribution in [2.24, 2.45) is 5.73 Å². The third-order valence-corrected chi connectivity index (χ3v) is 4.15. The standard InChI is InChI=1S/C9H11BrN2OS.ClH/c10-7-2-4-14-8(7)9(13)12-3-1-6(11)5-12;/h2,4,6H,1,3,5,11H2;1H/t6-;/m1./s1. The first-order chi connectivity index (χ1) is 6.68. The van der Waals surface area contributed by atoms with Gasteiger partial charge in [-0.25, -0.2) is 0 Å². The Morgan fingerprint density at radius 1 is 1.67 bits per heavy atom. The second-order valence-corrected chi connectivity index (χ2v) is 5.17. The molecule has 0 aliphatic carbocycles. The third-order valence-electron chi connectivity index (χ3n) is 2.32. The second-order valence-electron chi connectivity index (χ2n) is 3.40. The first kappa shape index (κ1) is 13.0. The van der Waals surface area contributed by atoms with Crippen molar-refractivity contribution in [1.29, 1.82) is 0 Å². The van der Waals surface area contributed by atoms with Gasteiger partial charge in [0, 0.05) is 23.6 Å². The highest BCUT2D eigenvalue weighted by atomic mass is 79.9. The predicted octanol–water partition coefficient (Wildman–Crippen LogP) is 2.11. The van der Waals surface area contributed by atoms with Crippen LogP contribution in [0.2, 0.25) is 0 Å². The molecule has 6 heteroatoms. The third kappa shape index (κ3) is 2.72. The van der Waals surface area contributed by atoms with Crippen LogP contribution >= 0.6 is 39.7 Å². The van der Waals surface area contributed by atoms with E-state index >= 15 is 0 Å². The number of nitrogens with zero attached hydrogens (tertiary/aromatic N) is 1. The molecule has 1 aliphatic rings. The van der Waals surface area contributed by atoms with Crippen LogP contribution in [0.15, 0.2) is 15.9 Å². The highest BCUT2D eigenvalue weighted by molar-refractivity contribution is 9.10. The van der Waals surface area contributed by atoms with E-state index in [-0.39, 0.29) is 24.4 Å². The molecule has 0 spiro atoms. The topological polar surface area (TPSA) is 46.3 Å². The summed E-state index contributed by atoms with van der Waals surface area (Å²) in [6, 6.07) is 2.05. The molecule has 2 rings (SSSR count). The van der Waals surface area contributed by atoms with E-state index in [2.05, 4.69) is 15.9 Å². The Kier molecular flexibility index (Phi) is 4.58. The number of thiophene rings is 1. The number of hydrogen-bond donors (Lipinski definition) is 1. The number of rotatable bonds is 1. The van der Waals surface area contributed by atoms with Gasteiger partial charge in [0.1, 0.15) is 4.88 Å². The lowest BCUT2D eigenvalue weighted by atomic mass is 10.3. The Bertz CT molecular complexity index is 358. The van der Waals surface area contributed by atoms with Crippen LogP contribution in [0.25, 0.3) is 0 Å². The lowest BCUT2D eigenvalue weighted by Crippen LogP contribution is -2.31. The predicted molar refractivity (Wildman–Crippen MR) is 67.8 cm³/mol. The van der Waals surface area contributed by atoms with Gasteiger partial charge in [0.15, 0.2) is 0 Å². The lowest BCUT2D eigenvalue weighted by Gasteiger charge is -2.14. The van der Waals surface area contributed by atoms with Crippen LogP contribution in [0.5, 0.6) is 0 Å². The van der Waals surface area contributed by atoms with Gasteiger partial charge >= 0.3 is 0 Å². The number of nitrogens with two attached hydrogens (primary N) is 1. The molecule has 1 fully saturated rings. The van der Waals surface area contributed by atoms with Gasteiger partial charge in [-0.15, -0.1) is 23.7 Å². The maximum absolute atomic E-state index is 11.9. The average molecular weight is 312 g/mol. The largest absolute Gasteiger partial charge is 0.336 e. The molecule has 1 amide bonds. The highest BCUT2D eigenvalue weighted by Crippen LogP contribution is 2.25. The quantitative estimate of drug-likeness (QED) is 0.863. The van der Waals surface area contributed by atoms with Crippen LogP contribution in [0.3, 0.4) is 0 Å². The average Bonchev–Trinajstić information content (AvgIpc) is 2.73. The van der Waals surface area contributed by atoms with E-state index in [0.29, 0.717) is 6.54 Å². The van der Waals surface area contributed by atoms with Crippen LogP contribution in [0.1, 0.15) is 16.1 Å². The van der Waals surface area contributed by atoms with Crippen molar-refractivity contribution in [2.75, 3.05) is 13.1 Å². The molecular formula is C9H12BrClN2OS. The Morgan fingerprint density at radius 2 is 2.40 bits per heavy atom. The number of carbonyl (C=O) groups excluding carboxylic acids is 1. The van der Waals surface area contributed by atoms with Gasteiger partial charge in [-0.1, -0.05) is 0 Å². The molecule has 1 atom stereocenters. The van der Waals surface area contributed by atoms with Crippen molar-refractivity contribution in [3.05, 3.63) is 20.8 Å². The fourth-order valence-corrected chi connectivity index (χ4v) is 3.07. The maximum atomic E-state index is 11.9. The molecule has 0 aromatic carbocycles. The summed E-state index contributed by atoms with van der Waals surface area (Å²) >= 11 is 4.83. The minimum atomic E-state index is 0. The van der Waals surface area contributed by atoms with Gasteiger partial charge in [-0.3, -0.25) is 4.79 Å². The summed E-state index contributed by atoms with van der Waals surface area (Å²) in [4.78, 5) is 14.5. The number of hydrogen-bond acceptors (Lipinski definition) is 3. The van der Waals surface area contributed by atoms with E-state index in [1.807, 2.05) is 16.3 Å². The first-order valence-corrected chi connectivity index (χ1v) is 6.13. The summed E-state index contributed by atoms with van der Waals surface area (Å²) in [6.07, 6.45) is 0.911. The smallest absolute Gasteiger partial charge is 0.265 e. The molecule has 1 aromatic rings. The fraction of sp³-hybridized carbons (Fsp3) is 0.444. The molecule has 0 bridgehead atoms. The van der Waals surface area contributed by atoms with Gasteiger partial charge in [0.2, 0.25) is 0 Å². The number of halogens is 2. The molecule has 0 unspecified atom stereocenters. The normalized spacial score (nSPS) is 20.1. The highest BCUT2D eigenvalue weighted by Gasteiger charge is 2.26. The number of carbonyl (C=O) groups is 1. The zero-order valence-corrected chi connectivity index (χ0v) is 11.2. The molecule has 2 N–H and O–H groups in total. The molecule has 1 saturated heterocycles. The van der Waals surface area contributed by atoms with Gasteiger partial charge < -0.3 is 10.6 Å². The SMILES string of the molecule is Cl.N[C@@H]1CCN(C(=O)c2sccc2Br)C1. The van der Waals surface area contributed by atoms with Crippen molar-refractivity contribution in [1.82, 2.24) is 4.90 Å². The summed E-state index contributed by atoms with van der Waals surface area (Å²) in [7, 11) is 0. The minimum Gasteiger partial charge on any atom is -0.336 e. The van der Waals surface area contributed by atoms with Gasteiger partial charge in [-0.2, -0.15) is 0 Å². The summed E-state index contributed by atoms with van der Waals surface area (Å²) in [5.41, 5.74) is 5.75. The minimum absolute atomic E-state index is 0. The Hall–Kier alpha value is -0.100. The number of amides is 1. The maximum Gasteiger partial charge on any atom is 0.265 e. The molecular weight excluding hydrogens is 300 g/mol. The van der Waals surface area contributed by atoms with Gasteiger partial charge in [0.25, 0.3) is 5.91 Å². The van der Waals surface area contributed by atoms with Crippen LogP contribution in [0, 0.1) is 0 Å². The van der Waals surface area contributed by atoms with Crippen molar-refractivity contribution in [3.8, 4) is 0 Å². The van der Waals surface area contributed by atoms with Crippen molar-refractivity contribution in [3.63, 3.8) is 0 Å². The monoisotopic (exact) mass is 310 g/mol. The second kappa shape index (κ2) is 5.30. The summed E-state index contributed by atoms with van der Waals surface area (Å²) in [5.74, 6) is 0.0971. The van der Waals surface area contributed by atoms with Crippen LogP contribution in [0.4, 0.5) is 0 Å². The zero-order chi connectivity index (χ0) is 10.1. The molecule has 2 heterocycles. The van der Waals surface area contributed by atoms with Gasteiger partial charge in [-0.05, 0) is 33.8 Å². The van der Waals surface area contributed by atoms with Crippen molar-refractivity contribution >= 4 is 45.6 Å². The van der Waals surface area contributed by atoms with E-state index in [0.717, 1.165) is 22.3 Å². The molecule has 0 radical (unpaired) electrons. The van der Waals surface area contributed by atoms with E-state index < -0.39 is 0 Å². The molecule has 0 saturated carbocycles. The Morgan fingerprint density at radius 3 is 2.87 bits per heavy atom. The van der Waals surface area contributed by atoms with E-state index in [1.54, 1.807) is 0 Å². The van der Waals surface area contributed by atoms with Crippen molar-refractivity contribution < 1.29 is 4.79 Å². The van der Waals surface area contributed by atoms with E-state index in [4.69, 9.17) is 5.73 Å². The zero-order valence-electron chi connectivity index (χ0n) is 7.98. The summed E-state index contributed by atoms with van der Waals surface area (Å²) in [6.45, 7) is 1.47. The van der Waals surface area contributed by atoms with Crippen LogP contribution < -0.4 is 5.73 Å². The van der Waals surface area contributed by atoms with Crippen LogP contribution in [-0.4, -0.2) is 29.9 Å². The van der Waals surface area contributed by atoms with Crippen LogP contribution in [-0.2, 0) is 0 Å². The van der Waals surface area contributed by atoms with Gasteiger partial charge in [0.05, 0.1) is 0 Å². The number of likely N-dealkylation sites (tertiary alicyclic amines) is 1. The molecule has 84 valence electrons. The Labute approximate surface area is 107 Å². The fourth-order valence-electron chi connectivity index (χ4n) is 1.56. The first-order valence-electron chi connectivity index (χ1n) is 4.46.